The molecule has 4 nitrogen and oxygen atoms in total. The normalized spacial score (nSPS) is 12.3. The average molecular weight is 715 g/mol. The van der Waals surface area contributed by atoms with Crippen molar-refractivity contribution < 1.29 is 9.59 Å². The molecular weight excluding hydrogens is 625 g/mol. The molecule has 51 heavy (non-hydrogen) atoms. The van der Waals surface area contributed by atoms with Gasteiger partial charge in [-0.05, 0) is 71.1 Å². The molecule has 0 aromatic heterocycles. The molecule has 2 N–H and O–H groups in total. The van der Waals surface area contributed by atoms with Crippen LogP contribution in [0.1, 0.15) is 252 Å². The first-order valence-corrected chi connectivity index (χ1v) is 23.0. The predicted octanol–water partition coefficient (Wildman–Crippen LogP) is 14.8. The zero-order chi connectivity index (χ0) is 37.1. The lowest BCUT2D eigenvalue weighted by Crippen LogP contribution is -2.41. The monoisotopic (exact) mass is 715 g/mol. The van der Waals surface area contributed by atoms with E-state index in [1.807, 2.05) is 6.92 Å². The SMILES string of the molecule is CCCCCCCCC=CCCCCCCCCCCCC(=O)NCC(C)NC(=O)CCCCCCCCCCCC=CCCCCCCCC. The van der Waals surface area contributed by atoms with Gasteiger partial charge in [0.15, 0.2) is 0 Å². The number of amides is 2. The summed E-state index contributed by atoms with van der Waals surface area (Å²) in [6, 6.07) is -0.0154. The zero-order valence-electron chi connectivity index (χ0n) is 34.9. The summed E-state index contributed by atoms with van der Waals surface area (Å²) in [7, 11) is 0. The van der Waals surface area contributed by atoms with Crippen LogP contribution in [0, 0.1) is 0 Å². The fraction of sp³-hybridized carbons (Fsp3) is 0.872. The van der Waals surface area contributed by atoms with E-state index >= 15 is 0 Å². The lowest BCUT2D eigenvalue weighted by molar-refractivity contribution is -0.123. The van der Waals surface area contributed by atoms with E-state index in [0.717, 1.165) is 25.7 Å². The second-order valence-corrected chi connectivity index (χ2v) is 15.8. The molecule has 4 heteroatoms. The number of hydrogen-bond acceptors (Lipinski definition) is 2. The van der Waals surface area contributed by atoms with Gasteiger partial charge in [-0.15, -0.1) is 0 Å². The zero-order valence-corrected chi connectivity index (χ0v) is 34.9. The molecule has 2 amide bonds. The van der Waals surface area contributed by atoms with E-state index in [0.29, 0.717) is 19.4 Å². The van der Waals surface area contributed by atoms with Gasteiger partial charge in [0.1, 0.15) is 0 Å². The van der Waals surface area contributed by atoms with Gasteiger partial charge in [0.05, 0.1) is 0 Å². The number of allylic oxidation sites excluding steroid dienone is 4. The Kier molecular flexibility index (Phi) is 41.5. The summed E-state index contributed by atoms with van der Waals surface area (Å²) in [5.41, 5.74) is 0. The summed E-state index contributed by atoms with van der Waals surface area (Å²) in [4.78, 5) is 24.6. The molecule has 0 aliphatic carbocycles. The summed E-state index contributed by atoms with van der Waals surface area (Å²) >= 11 is 0. The minimum atomic E-state index is -0.0154. The van der Waals surface area contributed by atoms with Gasteiger partial charge in [0.25, 0.3) is 0 Å². The Hall–Kier alpha value is -1.58. The fourth-order valence-corrected chi connectivity index (χ4v) is 6.88. The predicted molar refractivity (Wildman–Crippen MR) is 226 cm³/mol. The van der Waals surface area contributed by atoms with E-state index in [4.69, 9.17) is 0 Å². The van der Waals surface area contributed by atoms with Crippen LogP contribution in [0.5, 0.6) is 0 Å². The minimum absolute atomic E-state index is 0.0154. The van der Waals surface area contributed by atoms with Crippen LogP contribution in [0.25, 0.3) is 0 Å². The van der Waals surface area contributed by atoms with Gasteiger partial charge in [0.2, 0.25) is 11.8 Å². The van der Waals surface area contributed by atoms with Crippen molar-refractivity contribution in [2.45, 2.75) is 258 Å². The van der Waals surface area contributed by atoms with Crippen molar-refractivity contribution in [1.82, 2.24) is 10.6 Å². The van der Waals surface area contributed by atoms with E-state index in [-0.39, 0.29) is 17.9 Å². The third-order valence-corrected chi connectivity index (χ3v) is 10.3. The van der Waals surface area contributed by atoms with E-state index in [1.54, 1.807) is 0 Å². The Morgan fingerprint density at radius 1 is 0.392 bits per heavy atom. The summed E-state index contributed by atoms with van der Waals surface area (Å²) in [6.45, 7) is 7.07. The van der Waals surface area contributed by atoms with Crippen LogP contribution in [-0.2, 0) is 9.59 Å². The molecular formula is C47H90N2O2. The number of unbranched alkanes of at least 4 members (excludes halogenated alkanes) is 30. The molecule has 0 aromatic rings. The topological polar surface area (TPSA) is 58.2 Å². The maximum atomic E-state index is 12.3. The molecule has 0 saturated carbocycles. The van der Waals surface area contributed by atoms with Crippen molar-refractivity contribution in [1.29, 1.82) is 0 Å². The van der Waals surface area contributed by atoms with Crippen molar-refractivity contribution in [3.63, 3.8) is 0 Å². The molecule has 0 saturated heterocycles. The number of nitrogens with one attached hydrogen (secondary N) is 2. The molecule has 0 bridgehead atoms. The van der Waals surface area contributed by atoms with Gasteiger partial charge in [-0.25, -0.2) is 0 Å². The van der Waals surface area contributed by atoms with Crippen LogP contribution in [0.2, 0.25) is 0 Å². The van der Waals surface area contributed by atoms with E-state index in [1.165, 1.54) is 193 Å². The molecule has 0 fully saturated rings. The minimum Gasteiger partial charge on any atom is -0.354 e. The number of carbonyl (C=O) groups excluding carboxylic acids is 2. The molecule has 1 unspecified atom stereocenters. The molecule has 0 aliphatic heterocycles. The van der Waals surface area contributed by atoms with Crippen LogP contribution in [0.15, 0.2) is 24.3 Å². The first kappa shape index (κ1) is 49.4. The molecule has 1 atom stereocenters. The second kappa shape index (κ2) is 42.8. The van der Waals surface area contributed by atoms with Crippen molar-refractivity contribution in [3.8, 4) is 0 Å². The lowest BCUT2D eigenvalue weighted by atomic mass is 10.1. The highest BCUT2D eigenvalue weighted by atomic mass is 16.2. The summed E-state index contributed by atoms with van der Waals surface area (Å²) in [6.07, 6.45) is 55.2. The largest absolute Gasteiger partial charge is 0.354 e. The summed E-state index contributed by atoms with van der Waals surface area (Å²) in [5, 5.41) is 6.08. The van der Waals surface area contributed by atoms with E-state index in [9.17, 15) is 9.59 Å². The van der Waals surface area contributed by atoms with Crippen LogP contribution >= 0.6 is 0 Å². The Labute approximate surface area is 320 Å². The Morgan fingerprint density at radius 3 is 1.00 bits per heavy atom. The molecule has 0 spiro atoms. The average Bonchev–Trinajstić information content (AvgIpc) is 3.12. The molecule has 0 aliphatic rings. The highest BCUT2D eigenvalue weighted by molar-refractivity contribution is 5.77. The van der Waals surface area contributed by atoms with Gasteiger partial charge in [-0.1, -0.05) is 192 Å². The van der Waals surface area contributed by atoms with Crippen molar-refractivity contribution in [2.24, 2.45) is 0 Å². The van der Waals surface area contributed by atoms with Gasteiger partial charge in [0, 0.05) is 25.4 Å². The third-order valence-electron chi connectivity index (χ3n) is 10.3. The molecule has 0 heterocycles. The smallest absolute Gasteiger partial charge is 0.220 e. The summed E-state index contributed by atoms with van der Waals surface area (Å²) in [5.74, 6) is 0.237. The number of hydrogen-bond donors (Lipinski definition) is 2. The van der Waals surface area contributed by atoms with Gasteiger partial charge in [-0.2, -0.15) is 0 Å². The van der Waals surface area contributed by atoms with Crippen LogP contribution < -0.4 is 10.6 Å². The van der Waals surface area contributed by atoms with Crippen molar-refractivity contribution in [2.75, 3.05) is 6.54 Å². The highest BCUT2D eigenvalue weighted by Crippen LogP contribution is 2.14. The first-order valence-electron chi connectivity index (χ1n) is 23.0. The Balaban J connectivity index is 3.40. The quantitative estimate of drug-likeness (QED) is 0.0489. The van der Waals surface area contributed by atoms with E-state index < -0.39 is 0 Å². The molecule has 0 aromatic carbocycles. The van der Waals surface area contributed by atoms with E-state index in [2.05, 4.69) is 48.8 Å². The van der Waals surface area contributed by atoms with Crippen molar-refractivity contribution in [3.05, 3.63) is 24.3 Å². The standard InChI is InChI=1S/C47H90N2O2/c1-4-6-8-10-12-14-16-18-20-22-24-26-28-30-32-34-36-38-40-42-46(50)48-44-45(3)49-47(51)43-41-39-37-35-33-31-29-27-25-23-21-19-17-15-13-11-9-7-5-2/h18-21,45H,4-17,22-44H2,1-3H3,(H,48,50)(H,49,51). The Morgan fingerprint density at radius 2 is 0.667 bits per heavy atom. The second-order valence-electron chi connectivity index (χ2n) is 15.8. The first-order chi connectivity index (χ1) is 25.1. The van der Waals surface area contributed by atoms with Crippen molar-refractivity contribution >= 4 is 11.8 Å². The van der Waals surface area contributed by atoms with Gasteiger partial charge in [-0.3, -0.25) is 9.59 Å². The van der Waals surface area contributed by atoms with Crippen LogP contribution in [0.4, 0.5) is 0 Å². The Bertz CT molecular complexity index is 776. The molecule has 0 rings (SSSR count). The maximum Gasteiger partial charge on any atom is 0.220 e. The van der Waals surface area contributed by atoms with Gasteiger partial charge >= 0.3 is 0 Å². The number of carbonyl (C=O) groups is 2. The summed E-state index contributed by atoms with van der Waals surface area (Å²) < 4.78 is 0. The van der Waals surface area contributed by atoms with Crippen LogP contribution in [0.3, 0.4) is 0 Å². The fourth-order valence-electron chi connectivity index (χ4n) is 6.88. The molecule has 300 valence electrons. The number of rotatable bonds is 41. The highest BCUT2D eigenvalue weighted by Gasteiger charge is 2.09. The lowest BCUT2D eigenvalue weighted by Gasteiger charge is -2.15. The maximum absolute atomic E-state index is 12.3. The third kappa shape index (κ3) is 42.7. The van der Waals surface area contributed by atoms with Crippen LogP contribution in [-0.4, -0.2) is 24.4 Å². The van der Waals surface area contributed by atoms with Gasteiger partial charge < -0.3 is 10.6 Å². The molecule has 0 radical (unpaired) electrons.